The van der Waals surface area contributed by atoms with E-state index in [1.54, 1.807) is 4.90 Å². The van der Waals surface area contributed by atoms with Gasteiger partial charge in [-0.05, 0) is 20.8 Å². The van der Waals surface area contributed by atoms with Gasteiger partial charge in [-0.2, -0.15) is 0 Å². The van der Waals surface area contributed by atoms with Crippen molar-refractivity contribution in [2.45, 2.75) is 45.3 Å². The molecule has 0 bridgehead atoms. The van der Waals surface area contributed by atoms with Gasteiger partial charge < -0.3 is 24.8 Å². The van der Waals surface area contributed by atoms with Crippen molar-refractivity contribution >= 4 is 39.6 Å². The first-order valence-corrected chi connectivity index (χ1v) is 11.0. The van der Waals surface area contributed by atoms with Crippen molar-refractivity contribution in [3.05, 3.63) is 0 Å². The molecule has 2 amide bonds. The van der Waals surface area contributed by atoms with Crippen LogP contribution in [0, 0.1) is 0 Å². The number of nitrogens with zero attached hydrogens (tertiary/aromatic N) is 1. The fourth-order valence-corrected chi connectivity index (χ4v) is 3.98. The monoisotopic (exact) mass is 408 g/mol. The van der Waals surface area contributed by atoms with E-state index in [1.165, 1.54) is 21.6 Å². The number of ether oxygens (including phenoxy) is 2. The van der Waals surface area contributed by atoms with Crippen LogP contribution >= 0.6 is 21.6 Å². The normalized spacial score (nSPS) is 17.7. The lowest BCUT2D eigenvalue weighted by Gasteiger charge is -2.34. The summed E-state index contributed by atoms with van der Waals surface area (Å²) in [7, 11) is 3.01. The molecule has 0 saturated carbocycles. The zero-order chi connectivity index (χ0) is 19.6. The second kappa shape index (κ2) is 11.6. The number of carboxylic acids is 1. The fraction of sp³-hybridized carbons (Fsp3) is 0.812. The van der Waals surface area contributed by atoms with E-state index >= 15 is 0 Å². The van der Waals surface area contributed by atoms with Crippen molar-refractivity contribution in [2.24, 2.45) is 0 Å². The number of nitrogens with one attached hydrogen (secondary N) is 1. The lowest BCUT2D eigenvalue weighted by molar-refractivity contribution is -0.136. The van der Waals surface area contributed by atoms with Crippen LogP contribution in [0.25, 0.3) is 0 Å². The number of morpholine rings is 1. The van der Waals surface area contributed by atoms with Gasteiger partial charge in [0.05, 0.1) is 32.1 Å². The minimum atomic E-state index is -0.806. The molecule has 0 aliphatic carbocycles. The average Bonchev–Trinajstić information content (AvgIpc) is 2.52. The Kier molecular flexibility index (Phi) is 10.2. The SMILES string of the molecule is CC(C)(C)OC(=O)N1CCOC(CC(=O)NCCSSCCC(=O)O)C1. The molecule has 26 heavy (non-hydrogen) atoms. The molecule has 0 spiro atoms. The molecule has 0 radical (unpaired) electrons. The summed E-state index contributed by atoms with van der Waals surface area (Å²) in [5.74, 6) is 0.312. The van der Waals surface area contributed by atoms with Crippen LogP contribution in [-0.4, -0.2) is 77.4 Å². The van der Waals surface area contributed by atoms with Gasteiger partial charge >= 0.3 is 12.1 Å². The number of carbonyl (C=O) groups excluding carboxylic acids is 2. The van der Waals surface area contributed by atoms with Gasteiger partial charge in [0, 0.05) is 24.6 Å². The predicted molar refractivity (Wildman–Crippen MR) is 102 cm³/mol. The van der Waals surface area contributed by atoms with E-state index in [-0.39, 0.29) is 30.9 Å². The molecular formula is C16H28N2O6S2. The second-order valence-electron chi connectivity index (χ2n) is 6.76. The minimum absolute atomic E-state index is 0.128. The third-order valence-corrected chi connectivity index (χ3v) is 5.60. The number of carboxylic acid groups (broad SMARTS) is 1. The number of rotatable bonds is 9. The molecular weight excluding hydrogens is 380 g/mol. The van der Waals surface area contributed by atoms with Gasteiger partial charge in [-0.3, -0.25) is 9.59 Å². The second-order valence-corrected chi connectivity index (χ2v) is 9.46. The first-order chi connectivity index (χ1) is 12.2. The van der Waals surface area contributed by atoms with E-state index in [4.69, 9.17) is 14.6 Å². The van der Waals surface area contributed by atoms with Crippen LogP contribution < -0.4 is 5.32 Å². The number of hydrogen-bond donors (Lipinski definition) is 2. The summed E-state index contributed by atoms with van der Waals surface area (Å²) >= 11 is 0. The van der Waals surface area contributed by atoms with E-state index < -0.39 is 11.6 Å². The topological polar surface area (TPSA) is 105 Å². The standard InChI is InChI=1S/C16H28N2O6S2/c1-16(2,3)24-15(22)18-6-7-23-12(11-18)10-13(19)17-5-9-26-25-8-4-14(20)21/h12H,4-11H2,1-3H3,(H,17,19)(H,20,21). The van der Waals surface area contributed by atoms with Gasteiger partial charge in [0.15, 0.2) is 0 Å². The van der Waals surface area contributed by atoms with Crippen LogP contribution in [0.2, 0.25) is 0 Å². The molecule has 1 heterocycles. The van der Waals surface area contributed by atoms with Gasteiger partial charge in [-0.25, -0.2) is 4.79 Å². The van der Waals surface area contributed by atoms with E-state index in [2.05, 4.69) is 5.32 Å². The molecule has 1 aliphatic rings. The maximum atomic E-state index is 12.1. The Morgan fingerprint density at radius 1 is 1.27 bits per heavy atom. The maximum Gasteiger partial charge on any atom is 0.410 e. The fourth-order valence-electron chi connectivity index (χ4n) is 2.09. The van der Waals surface area contributed by atoms with Crippen molar-refractivity contribution < 1.29 is 29.0 Å². The molecule has 0 aromatic heterocycles. The molecule has 1 fully saturated rings. The van der Waals surface area contributed by atoms with Crippen LogP contribution in [-0.2, 0) is 19.1 Å². The largest absolute Gasteiger partial charge is 0.481 e. The van der Waals surface area contributed by atoms with Crippen LogP contribution in [0.4, 0.5) is 4.79 Å². The Hall–Kier alpha value is -1.13. The van der Waals surface area contributed by atoms with Crippen LogP contribution in [0.15, 0.2) is 0 Å². The van der Waals surface area contributed by atoms with E-state index in [9.17, 15) is 14.4 Å². The molecule has 1 atom stereocenters. The minimum Gasteiger partial charge on any atom is -0.481 e. The van der Waals surface area contributed by atoms with Gasteiger partial charge in [0.25, 0.3) is 0 Å². The van der Waals surface area contributed by atoms with Gasteiger partial charge in [-0.1, -0.05) is 21.6 Å². The van der Waals surface area contributed by atoms with E-state index in [0.29, 0.717) is 37.7 Å². The highest BCUT2D eigenvalue weighted by molar-refractivity contribution is 8.76. The van der Waals surface area contributed by atoms with Crippen LogP contribution in [0.3, 0.4) is 0 Å². The quantitative estimate of drug-likeness (QED) is 0.441. The molecule has 0 aromatic carbocycles. The Bertz CT molecular complexity index is 484. The van der Waals surface area contributed by atoms with Gasteiger partial charge in [0.2, 0.25) is 5.91 Å². The molecule has 0 aromatic rings. The molecule has 2 N–H and O–H groups in total. The molecule has 1 aliphatic heterocycles. The average molecular weight is 409 g/mol. The molecule has 1 rings (SSSR count). The highest BCUT2D eigenvalue weighted by Gasteiger charge is 2.29. The molecule has 1 saturated heterocycles. The zero-order valence-corrected chi connectivity index (χ0v) is 17.1. The number of hydrogen-bond acceptors (Lipinski definition) is 7. The Morgan fingerprint density at radius 3 is 2.62 bits per heavy atom. The first-order valence-electron chi connectivity index (χ1n) is 8.50. The Balaban J connectivity index is 2.19. The summed E-state index contributed by atoms with van der Waals surface area (Å²) in [6.45, 7) is 7.12. The number of carbonyl (C=O) groups is 3. The molecule has 8 nitrogen and oxygen atoms in total. The van der Waals surface area contributed by atoms with Crippen molar-refractivity contribution in [3.8, 4) is 0 Å². The number of amides is 2. The third kappa shape index (κ3) is 10.8. The summed E-state index contributed by atoms with van der Waals surface area (Å²) < 4.78 is 10.9. The van der Waals surface area contributed by atoms with Crippen molar-refractivity contribution in [2.75, 3.05) is 37.7 Å². The van der Waals surface area contributed by atoms with Crippen LogP contribution in [0.1, 0.15) is 33.6 Å². The summed E-state index contributed by atoms with van der Waals surface area (Å²) in [6.07, 6.45) is -0.400. The summed E-state index contributed by atoms with van der Waals surface area (Å²) in [5.41, 5.74) is -0.553. The van der Waals surface area contributed by atoms with Crippen LogP contribution in [0.5, 0.6) is 0 Å². The summed E-state index contributed by atoms with van der Waals surface area (Å²) in [5, 5.41) is 11.3. The van der Waals surface area contributed by atoms with E-state index in [1.807, 2.05) is 20.8 Å². The van der Waals surface area contributed by atoms with Gasteiger partial charge in [0.1, 0.15) is 5.60 Å². The maximum absolute atomic E-state index is 12.1. The van der Waals surface area contributed by atoms with Gasteiger partial charge in [-0.15, -0.1) is 0 Å². The predicted octanol–water partition coefficient (Wildman–Crippen LogP) is 1.98. The first kappa shape index (κ1) is 22.9. The lowest BCUT2D eigenvalue weighted by Crippen LogP contribution is -2.48. The Labute approximate surface area is 162 Å². The molecule has 1 unspecified atom stereocenters. The summed E-state index contributed by atoms with van der Waals surface area (Å²) in [6, 6.07) is 0. The highest BCUT2D eigenvalue weighted by Crippen LogP contribution is 2.21. The zero-order valence-electron chi connectivity index (χ0n) is 15.5. The van der Waals surface area contributed by atoms with Crippen molar-refractivity contribution in [1.82, 2.24) is 10.2 Å². The highest BCUT2D eigenvalue weighted by atomic mass is 33.1. The van der Waals surface area contributed by atoms with Crippen molar-refractivity contribution in [3.63, 3.8) is 0 Å². The number of aliphatic carboxylic acids is 1. The molecule has 10 heteroatoms. The molecule has 150 valence electrons. The third-order valence-electron chi connectivity index (χ3n) is 3.19. The van der Waals surface area contributed by atoms with E-state index in [0.717, 1.165) is 0 Å². The lowest BCUT2D eigenvalue weighted by atomic mass is 10.2. The van der Waals surface area contributed by atoms with Crippen molar-refractivity contribution in [1.29, 1.82) is 0 Å². The summed E-state index contributed by atoms with van der Waals surface area (Å²) in [4.78, 5) is 36.0. The Morgan fingerprint density at radius 2 is 1.96 bits per heavy atom. The smallest absolute Gasteiger partial charge is 0.410 e.